The number of hydrogen-bond donors (Lipinski definition) is 2. The quantitative estimate of drug-likeness (QED) is 0.478. The molecule has 0 aliphatic rings. The van der Waals surface area contributed by atoms with Gasteiger partial charge in [0.25, 0.3) is 5.56 Å². The van der Waals surface area contributed by atoms with Gasteiger partial charge in [-0.1, -0.05) is 19.1 Å². The second-order valence-electron chi connectivity index (χ2n) is 6.49. The molecule has 148 valence electrons. The van der Waals surface area contributed by atoms with Crippen molar-refractivity contribution in [2.75, 3.05) is 12.5 Å². The van der Waals surface area contributed by atoms with Crippen molar-refractivity contribution in [1.82, 2.24) is 19.1 Å². The van der Waals surface area contributed by atoms with Crippen LogP contribution in [0.4, 0.5) is 5.95 Å². The SMILES string of the molecule is CCC(C)=NNc1nc2c(c(=O)[nH]c(=O)n2C)n1CCc1ccc(OC)cc1. The molecule has 0 amide bonds. The van der Waals surface area contributed by atoms with E-state index in [0.29, 0.717) is 30.1 Å². The van der Waals surface area contributed by atoms with Crippen LogP contribution in [-0.4, -0.2) is 31.9 Å². The van der Waals surface area contributed by atoms with Crippen LogP contribution >= 0.6 is 0 Å². The van der Waals surface area contributed by atoms with Crippen LogP contribution in [0.5, 0.6) is 5.75 Å². The number of anilines is 1. The average molecular weight is 384 g/mol. The van der Waals surface area contributed by atoms with Gasteiger partial charge >= 0.3 is 5.69 Å². The topological polar surface area (TPSA) is 106 Å². The molecule has 0 saturated carbocycles. The lowest BCUT2D eigenvalue weighted by Crippen LogP contribution is -2.29. The second-order valence-corrected chi connectivity index (χ2v) is 6.49. The zero-order chi connectivity index (χ0) is 20.3. The van der Waals surface area contributed by atoms with Crippen LogP contribution in [0.2, 0.25) is 0 Å². The average Bonchev–Trinajstić information content (AvgIpc) is 3.08. The van der Waals surface area contributed by atoms with E-state index in [-0.39, 0.29) is 0 Å². The monoisotopic (exact) mass is 384 g/mol. The van der Waals surface area contributed by atoms with E-state index in [4.69, 9.17) is 4.74 Å². The predicted octanol–water partition coefficient (Wildman–Crippen LogP) is 1.87. The summed E-state index contributed by atoms with van der Waals surface area (Å²) in [6, 6.07) is 7.74. The molecule has 3 rings (SSSR count). The third kappa shape index (κ3) is 3.83. The molecule has 1 aromatic carbocycles. The van der Waals surface area contributed by atoms with E-state index in [1.165, 1.54) is 4.57 Å². The Morgan fingerprint density at radius 1 is 1.29 bits per heavy atom. The number of nitrogens with one attached hydrogen (secondary N) is 2. The Kier molecular flexibility index (Phi) is 5.62. The number of hydrogen-bond acceptors (Lipinski definition) is 6. The molecule has 9 nitrogen and oxygen atoms in total. The molecule has 2 N–H and O–H groups in total. The van der Waals surface area contributed by atoms with Crippen molar-refractivity contribution in [3.63, 3.8) is 0 Å². The molecular weight excluding hydrogens is 360 g/mol. The second kappa shape index (κ2) is 8.12. The molecule has 9 heteroatoms. The zero-order valence-corrected chi connectivity index (χ0v) is 16.4. The maximum atomic E-state index is 12.5. The van der Waals surface area contributed by atoms with Gasteiger partial charge in [0.1, 0.15) is 5.75 Å². The fourth-order valence-corrected chi connectivity index (χ4v) is 2.80. The summed E-state index contributed by atoms with van der Waals surface area (Å²) in [4.78, 5) is 31.2. The van der Waals surface area contributed by atoms with Crippen molar-refractivity contribution >= 4 is 22.8 Å². The van der Waals surface area contributed by atoms with Gasteiger partial charge in [-0.3, -0.25) is 14.3 Å². The Labute approximate surface area is 161 Å². The van der Waals surface area contributed by atoms with Gasteiger partial charge < -0.3 is 9.30 Å². The van der Waals surface area contributed by atoms with Gasteiger partial charge in [-0.05, 0) is 37.5 Å². The largest absolute Gasteiger partial charge is 0.497 e. The predicted molar refractivity (Wildman–Crippen MR) is 109 cm³/mol. The van der Waals surface area contributed by atoms with Gasteiger partial charge in [0.2, 0.25) is 5.95 Å². The first-order valence-electron chi connectivity index (χ1n) is 9.06. The van der Waals surface area contributed by atoms with E-state index in [1.54, 1.807) is 18.7 Å². The number of H-pyrrole nitrogens is 1. The van der Waals surface area contributed by atoms with Crippen molar-refractivity contribution in [3.05, 3.63) is 50.7 Å². The summed E-state index contributed by atoms with van der Waals surface area (Å²) in [5.74, 6) is 1.21. The molecule has 0 bridgehead atoms. The molecule has 0 fully saturated rings. The Bertz CT molecular complexity index is 1120. The molecule has 0 atom stereocenters. The summed E-state index contributed by atoms with van der Waals surface area (Å²) in [5, 5.41) is 4.30. The van der Waals surface area contributed by atoms with E-state index in [0.717, 1.165) is 23.4 Å². The summed E-state index contributed by atoms with van der Waals surface area (Å²) in [6.07, 6.45) is 1.46. The molecule has 0 saturated heterocycles. The van der Waals surface area contributed by atoms with Crippen molar-refractivity contribution in [1.29, 1.82) is 0 Å². The number of aromatic nitrogens is 4. The Hall–Kier alpha value is -3.36. The van der Waals surface area contributed by atoms with Crippen molar-refractivity contribution in [2.45, 2.75) is 33.2 Å². The van der Waals surface area contributed by atoms with E-state index >= 15 is 0 Å². The van der Waals surface area contributed by atoms with Crippen molar-refractivity contribution in [3.8, 4) is 5.75 Å². The lowest BCUT2D eigenvalue weighted by atomic mass is 10.1. The molecule has 2 aromatic heterocycles. The molecule has 0 aliphatic carbocycles. The molecule has 2 heterocycles. The van der Waals surface area contributed by atoms with Crippen LogP contribution < -0.4 is 21.4 Å². The van der Waals surface area contributed by atoms with Crippen LogP contribution in [-0.2, 0) is 20.0 Å². The maximum absolute atomic E-state index is 12.5. The summed E-state index contributed by atoms with van der Waals surface area (Å²) in [5.41, 5.74) is 4.60. The Morgan fingerprint density at radius 2 is 2.00 bits per heavy atom. The number of fused-ring (bicyclic) bond motifs is 1. The highest BCUT2D eigenvalue weighted by molar-refractivity contribution is 5.82. The first kappa shape index (κ1) is 19.4. The standard InChI is InChI=1S/C19H24N6O3/c1-5-12(2)22-23-18-20-16-15(17(26)21-19(27)24(16)3)25(18)11-10-13-6-8-14(28-4)9-7-13/h6-9H,5,10-11H2,1-4H3,(H,20,23)(H,21,26,27). The minimum absolute atomic E-state index is 0.315. The number of ether oxygens (including phenoxy) is 1. The smallest absolute Gasteiger partial charge is 0.329 e. The van der Waals surface area contributed by atoms with Crippen LogP contribution in [0.3, 0.4) is 0 Å². The number of aryl methyl sites for hydroxylation is 3. The third-order valence-electron chi connectivity index (χ3n) is 4.65. The van der Waals surface area contributed by atoms with Gasteiger partial charge in [-0.2, -0.15) is 10.1 Å². The molecular formula is C19H24N6O3. The van der Waals surface area contributed by atoms with Crippen LogP contribution in [0.15, 0.2) is 39.0 Å². The third-order valence-corrected chi connectivity index (χ3v) is 4.65. The molecule has 0 unspecified atom stereocenters. The molecule has 0 spiro atoms. The van der Waals surface area contributed by atoms with Crippen LogP contribution in [0, 0.1) is 0 Å². The van der Waals surface area contributed by atoms with Gasteiger partial charge in [0.15, 0.2) is 11.2 Å². The minimum atomic E-state index is -0.503. The van der Waals surface area contributed by atoms with Crippen molar-refractivity contribution in [2.24, 2.45) is 12.1 Å². The fraction of sp³-hybridized carbons (Fsp3) is 0.368. The van der Waals surface area contributed by atoms with Gasteiger partial charge in [-0.15, -0.1) is 0 Å². The van der Waals surface area contributed by atoms with Gasteiger partial charge in [0.05, 0.1) is 7.11 Å². The van der Waals surface area contributed by atoms with Crippen LogP contribution in [0.1, 0.15) is 25.8 Å². The number of nitrogens with zero attached hydrogens (tertiary/aromatic N) is 4. The lowest BCUT2D eigenvalue weighted by molar-refractivity contribution is 0.414. The van der Waals surface area contributed by atoms with E-state index in [9.17, 15) is 9.59 Å². The number of aromatic amines is 1. The number of imidazole rings is 1. The fourth-order valence-electron chi connectivity index (χ4n) is 2.80. The highest BCUT2D eigenvalue weighted by atomic mass is 16.5. The van der Waals surface area contributed by atoms with Crippen molar-refractivity contribution < 1.29 is 4.74 Å². The first-order valence-corrected chi connectivity index (χ1v) is 9.06. The number of hydrazone groups is 1. The van der Waals surface area contributed by atoms with E-state index in [1.807, 2.05) is 38.1 Å². The highest BCUT2D eigenvalue weighted by Crippen LogP contribution is 2.18. The zero-order valence-electron chi connectivity index (χ0n) is 16.4. The molecule has 3 aromatic rings. The highest BCUT2D eigenvalue weighted by Gasteiger charge is 2.17. The van der Waals surface area contributed by atoms with E-state index < -0.39 is 11.2 Å². The summed E-state index contributed by atoms with van der Waals surface area (Å²) in [6.45, 7) is 4.40. The first-order chi connectivity index (χ1) is 13.4. The minimum Gasteiger partial charge on any atom is -0.497 e. The number of methoxy groups -OCH3 is 1. The molecule has 0 radical (unpaired) electrons. The Morgan fingerprint density at radius 3 is 2.64 bits per heavy atom. The maximum Gasteiger partial charge on any atom is 0.329 e. The van der Waals surface area contributed by atoms with Gasteiger partial charge in [0, 0.05) is 19.3 Å². The molecule has 0 aliphatic heterocycles. The van der Waals surface area contributed by atoms with Crippen LogP contribution in [0.25, 0.3) is 11.2 Å². The summed E-state index contributed by atoms with van der Waals surface area (Å²) < 4.78 is 8.26. The van der Waals surface area contributed by atoms with E-state index in [2.05, 4.69) is 20.5 Å². The molecule has 28 heavy (non-hydrogen) atoms. The number of benzene rings is 1. The van der Waals surface area contributed by atoms with Gasteiger partial charge in [-0.25, -0.2) is 10.2 Å². The normalized spacial score (nSPS) is 11.8. The number of rotatable bonds is 7. The lowest BCUT2D eigenvalue weighted by Gasteiger charge is -2.09. The summed E-state index contributed by atoms with van der Waals surface area (Å²) >= 11 is 0. The summed E-state index contributed by atoms with van der Waals surface area (Å²) in [7, 11) is 3.20. The Balaban J connectivity index is 2.02.